The molecule has 1 aliphatic rings. The van der Waals surface area contributed by atoms with Gasteiger partial charge in [-0.2, -0.15) is 5.10 Å². The van der Waals surface area contributed by atoms with Crippen LogP contribution in [-0.2, 0) is 10.0 Å². The second-order valence-electron chi connectivity index (χ2n) is 8.15. The van der Waals surface area contributed by atoms with Crippen molar-refractivity contribution >= 4 is 27.1 Å². The molecule has 0 aliphatic carbocycles. The Morgan fingerprint density at radius 2 is 1.80 bits per heavy atom. The lowest BCUT2D eigenvalue weighted by Gasteiger charge is -2.29. The normalized spacial score (nSPS) is 16.1. The van der Waals surface area contributed by atoms with Crippen molar-refractivity contribution in [3.8, 4) is 0 Å². The highest BCUT2D eigenvalue weighted by Gasteiger charge is 2.33. The molecular formula is C24H19F3N4O3S. The molecule has 0 bridgehead atoms. The highest BCUT2D eigenvalue weighted by molar-refractivity contribution is 7.90. The zero-order valence-electron chi connectivity index (χ0n) is 18.2. The number of nitrogens with zero attached hydrogens (tertiary/aromatic N) is 3. The summed E-state index contributed by atoms with van der Waals surface area (Å²) in [4.78, 5) is 14.0. The van der Waals surface area contributed by atoms with E-state index in [1.807, 2.05) is 4.72 Å². The molecule has 2 aromatic heterocycles. The summed E-state index contributed by atoms with van der Waals surface area (Å²) in [6.45, 7) is 0.286. The molecule has 1 saturated heterocycles. The highest BCUT2D eigenvalue weighted by atomic mass is 32.2. The predicted molar refractivity (Wildman–Crippen MR) is 122 cm³/mol. The van der Waals surface area contributed by atoms with E-state index in [2.05, 4.69) is 5.10 Å². The Morgan fingerprint density at radius 3 is 2.63 bits per heavy atom. The Labute approximate surface area is 198 Å². The van der Waals surface area contributed by atoms with E-state index in [0.29, 0.717) is 18.4 Å². The van der Waals surface area contributed by atoms with Crippen molar-refractivity contribution in [3.05, 3.63) is 95.6 Å². The van der Waals surface area contributed by atoms with E-state index in [4.69, 9.17) is 0 Å². The van der Waals surface area contributed by atoms with Gasteiger partial charge in [-0.1, -0.05) is 6.07 Å². The Kier molecular flexibility index (Phi) is 5.72. The second-order valence-corrected chi connectivity index (χ2v) is 9.80. The minimum Gasteiger partial charge on any atom is -0.363 e. The van der Waals surface area contributed by atoms with Gasteiger partial charge in [0.25, 0.3) is 15.9 Å². The number of sulfonamides is 1. The monoisotopic (exact) mass is 500 g/mol. The first-order valence-electron chi connectivity index (χ1n) is 10.8. The van der Waals surface area contributed by atoms with E-state index < -0.39 is 39.4 Å². The van der Waals surface area contributed by atoms with Crippen LogP contribution in [0.2, 0.25) is 0 Å². The fourth-order valence-electron chi connectivity index (χ4n) is 4.43. The number of hydrogen-bond acceptors (Lipinski definition) is 5. The summed E-state index contributed by atoms with van der Waals surface area (Å²) in [5, 5.41) is 4.03. The van der Waals surface area contributed by atoms with Crippen LogP contribution in [0.3, 0.4) is 0 Å². The van der Waals surface area contributed by atoms with Crippen LogP contribution in [0.15, 0.2) is 71.9 Å². The van der Waals surface area contributed by atoms with E-state index in [1.54, 1.807) is 24.4 Å². The van der Waals surface area contributed by atoms with Crippen molar-refractivity contribution in [1.82, 2.24) is 14.3 Å². The van der Waals surface area contributed by atoms with Crippen molar-refractivity contribution in [1.29, 1.82) is 0 Å². The van der Waals surface area contributed by atoms with Gasteiger partial charge in [-0.3, -0.25) is 4.79 Å². The molecule has 11 heteroatoms. The first-order valence-corrected chi connectivity index (χ1v) is 12.2. The second kappa shape index (κ2) is 8.73. The fourth-order valence-corrected chi connectivity index (χ4v) is 5.59. The lowest BCUT2D eigenvalue weighted by atomic mass is 10.0. The largest absolute Gasteiger partial charge is 0.363 e. The maximum absolute atomic E-state index is 14.5. The zero-order valence-corrected chi connectivity index (χ0v) is 19.0. The maximum atomic E-state index is 14.5. The molecule has 0 spiro atoms. The number of anilines is 1. The summed E-state index contributed by atoms with van der Waals surface area (Å²) in [7, 11) is -4.48. The number of rotatable bonds is 5. The van der Waals surface area contributed by atoms with Crippen LogP contribution in [0, 0.1) is 17.5 Å². The van der Waals surface area contributed by atoms with Crippen molar-refractivity contribution in [2.24, 2.45) is 0 Å². The van der Waals surface area contributed by atoms with Crippen molar-refractivity contribution < 1.29 is 26.4 Å². The first kappa shape index (κ1) is 22.9. The third-order valence-corrected chi connectivity index (χ3v) is 7.37. The molecule has 0 saturated carbocycles. The van der Waals surface area contributed by atoms with Gasteiger partial charge in [0.1, 0.15) is 22.3 Å². The minimum absolute atomic E-state index is 0.0405. The number of nitrogens with one attached hydrogen (secondary N) is 1. The van der Waals surface area contributed by atoms with Crippen molar-refractivity contribution in [2.45, 2.75) is 23.8 Å². The maximum Gasteiger partial charge on any atom is 0.268 e. The van der Waals surface area contributed by atoms with Crippen LogP contribution in [0.25, 0.3) is 5.52 Å². The molecule has 0 radical (unpaired) electrons. The van der Waals surface area contributed by atoms with Gasteiger partial charge in [0, 0.05) is 18.3 Å². The summed E-state index contributed by atoms with van der Waals surface area (Å²) in [5.41, 5.74) is 0.446. The molecule has 180 valence electrons. The summed E-state index contributed by atoms with van der Waals surface area (Å²) in [6, 6.07) is 10.4. The van der Waals surface area contributed by atoms with Crippen LogP contribution in [0.1, 0.15) is 34.8 Å². The van der Waals surface area contributed by atoms with Gasteiger partial charge < -0.3 is 4.90 Å². The van der Waals surface area contributed by atoms with Gasteiger partial charge in [0.2, 0.25) is 0 Å². The first-order chi connectivity index (χ1) is 16.7. The molecule has 5 rings (SSSR count). The van der Waals surface area contributed by atoms with Crippen LogP contribution >= 0.6 is 0 Å². The molecule has 1 N–H and O–H groups in total. The number of benzene rings is 2. The fraction of sp³-hybridized carbons (Fsp3) is 0.167. The van der Waals surface area contributed by atoms with E-state index in [-0.39, 0.29) is 28.3 Å². The van der Waals surface area contributed by atoms with Gasteiger partial charge in [-0.15, -0.1) is 0 Å². The lowest BCUT2D eigenvalue weighted by molar-refractivity contribution is 0.0983. The third-order valence-electron chi connectivity index (χ3n) is 5.99. The number of pyridine rings is 1. The van der Waals surface area contributed by atoms with E-state index in [0.717, 1.165) is 36.4 Å². The van der Waals surface area contributed by atoms with Gasteiger partial charge in [0.05, 0.1) is 29.0 Å². The quantitative estimate of drug-likeness (QED) is 0.444. The number of amides is 1. The number of halogens is 3. The minimum atomic E-state index is -4.48. The molecule has 35 heavy (non-hydrogen) atoms. The standard InChI is InChI=1S/C24H19F3N4O3S/c25-15-6-8-19(27)17(12-15)20-5-3-10-30(20)22-13-16(26)7-9-23(22)35(33,34)29-24(32)18-14-28-31-11-2-1-4-21(18)31/h1-2,4,6-9,11-14,20H,3,5,10H2,(H,29,32)/t20-/m1/s1. The summed E-state index contributed by atoms with van der Waals surface area (Å²) in [6.07, 6.45) is 3.81. The van der Waals surface area contributed by atoms with E-state index >= 15 is 0 Å². The number of carbonyl (C=O) groups is 1. The molecule has 0 unspecified atom stereocenters. The molecular weight excluding hydrogens is 481 g/mol. The van der Waals surface area contributed by atoms with E-state index in [1.165, 1.54) is 15.6 Å². The Morgan fingerprint density at radius 1 is 1.03 bits per heavy atom. The van der Waals surface area contributed by atoms with Crippen LogP contribution in [0.4, 0.5) is 18.9 Å². The average molecular weight is 501 g/mol. The van der Waals surface area contributed by atoms with Crippen LogP contribution in [0.5, 0.6) is 0 Å². The van der Waals surface area contributed by atoms with Gasteiger partial charge >= 0.3 is 0 Å². The van der Waals surface area contributed by atoms with Crippen LogP contribution in [-0.4, -0.2) is 30.5 Å². The van der Waals surface area contributed by atoms with Gasteiger partial charge in [0.15, 0.2) is 0 Å². The van der Waals surface area contributed by atoms with E-state index in [9.17, 15) is 26.4 Å². The Hall–Kier alpha value is -3.86. The Bertz CT molecular complexity index is 1550. The third kappa shape index (κ3) is 4.23. The van der Waals surface area contributed by atoms with Crippen LogP contribution < -0.4 is 9.62 Å². The molecule has 4 aromatic rings. The molecule has 2 aromatic carbocycles. The SMILES string of the molecule is O=C(NS(=O)(=O)c1ccc(F)cc1N1CCC[C@@H]1c1cc(F)ccc1F)c1cnn2ccccc12. The molecule has 7 nitrogen and oxygen atoms in total. The lowest BCUT2D eigenvalue weighted by Crippen LogP contribution is -2.33. The summed E-state index contributed by atoms with van der Waals surface area (Å²) in [5.74, 6) is -2.90. The molecule has 3 heterocycles. The van der Waals surface area contributed by atoms with Crippen molar-refractivity contribution in [3.63, 3.8) is 0 Å². The highest BCUT2D eigenvalue weighted by Crippen LogP contribution is 2.40. The average Bonchev–Trinajstić information content (AvgIpc) is 3.47. The van der Waals surface area contributed by atoms with Crippen molar-refractivity contribution in [2.75, 3.05) is 11.4 Å². The number of fused-ring (bicyclic) bond motifs is 1. The molecule has 1 amide bonds. The summed E-state index contributed by atoms with van der Waals surface area (Å²) < 4.78 is 72.7. The zero-order chi connectivity index (χ0) is 24.7. The smallest absolute Gasteiger partial charge is 0.268 e. The molecule has 1 atom stereocenters. The number of hydrogen-bond donors (Lipinski definition) is 1. The molecule has 1 aliphatic heterocycles. The number of aromatic nitrogens is 2. The van der Waals surface area contributed by atoms with Gasteiger partial charge in [-0.05, 0) is 61.4 Å². The number of carbonyl (C=O) groups excluding carboxylic acids is 1. The predicted octanol–water partition coefficient (Wildman–Crippen LogP) is 4.21. The molecule has 1 fully saturated rings. The topological polar surface area (TPSA) is 83.8 Å². The summed E-state index contributed by atoms with van der Waals surface area (Å²) >= 11 is 0. The van der Waals surface area contributed by atoms with Gasteiger partial charge in [-0.25, -0.2) is 30.8 Å². The Balaban J connectivity index is 1.52.